The Hall–Kier alpha value is -1.63. The Morgan fingerprint density at radius 2 is 1.88 bits per heavy atom. The molecule has 3 rings (SSSR count). The number of amides is 2. The van der Waals surface area contributed by atoms with Crippen molar-refractivity contribution in [2.75, 3.05) is 11.9 Å². The first-order valence-corrected chi connectivity index (χ1v) is 8.59. The van der Waals surface area contributed by atoms with Gasteiger partial charge in [0.25, 0.3) is 5.91 Å². The molecule has 1 aromatic rings. The average Bonchev–Trinajstić information content (AvgIpc) is 3.29. The van der Waals surface area contributed by atoms with Gasteiger partial charge in [0.1, 0.15) is 6.10 Å². The van der Waals surface area contributed by atoms with Gasteiger partial charge in [-0.15, -0.1) is 12.4 Å². The highest BCUT2D eigenvalue weighted by Gasteiger charge is 2.31. The molecule has 1 aliphatic carbocycles. The van der Waals surface area contributed by atoms with Gasteiger partial charge in [0.2, 0.25) is 5.91 Å². The summed E-state index contributed by atoms with van der Waals surface area (Å²) in [6.45, 7) is 2.69. The third kappa shape index (κ3) is 5.17. The van der Waals surface area contributed by atoms with Gasteiger partial charge in [0, 0.05) is 31.7 Å². The van der Waals surface area contributed by atoms with Gasteiger partial charge in [-0.05, 0) is 43.4 Å². The second-order valence-corrected chi connectivity index (χ2v) is 6.62. The maximum Gasteiger partial charge on any atom is 0.253 e. The lowest BCUT2D eigenvalue weighted by Crippen LogP contribution is -2.30. The van der Waals surface area contributed by atoms with Gasteiger partial charge in [-0.3, -0.25) is 9.59 Å². The number of hydrogen-bond donors (Lipinski definition) is 2. The molecular formula is C18H26ClN3O3. The zero-order valence-electron chi connectivity index (χ0n) is 14.4. The Balaban J connectivity index is 0.00000225. The number of halogens is 1. The minimum Gasteiger partial charge on any atom is -0.364 e. The summed E-state index contributed by atoms with van der Waals surface area (Å²) < 4.78 is 5.60. The average molecular weight is 368 g/mol. The van der Waals surface area contributed by atoms with Crippen LogP contribution in [0.25, 0.3) is 0 Å². The van der Waals surface area contributed by atoms with Crippen LogP contribution in [0.1, 0.15) is 38.2 Å². The molecular weight excluding hydrogens is 342 g/mol. The standard InChI is InChI=1S/C18H25N3O3.ClH/c1-12(22)21(15-6-7-15)11-13-2-4-14(5-3-13)20-18(23)17-9-8-16(10-19)24-17;/h2-5,15-17H,6-11,19H2,1H3,(H,20,23);1H/t16-,17+;/m1./s1. The number of hydrogen-bond acceptors (Lipinski definition) is 4. The number of carbonyl (C=O) groups is 2. The van der Waals surface area contributed by atoms with Gasteiger partial charge < -0.3 is 20.7 Å². The largest absolute Gasteiger partial charge is 0.364 e. The lowest BCUT2D eigenvalue weighted by atomic mass is 10.1. The van der Waals surface area contributed by atoms with E-state index in [0.29, 0.717) is 25.6 Å². The summed E-state index contributed by atoms with van der Waals surface area (Å²) in [5.41, 5.74) is 7.37. The van der Waals surface area contributed by atoms with Gasteiger partial charge in [0.05, 0.1) is 6.10 Å². The predicted molar refractivity (Wildman–Crippen MR) is 98.5 cm³/mol. The van der Waals surface area contributed by atoms with Crippen molar-refractivity contribution >= 4 is 29.9 Å². The molecule has 2 fully saturated rings. The highest BCUT2D eigenvalue weighted by atomic mass is 35.5. The summed E-state index contributed by atoms with van der Waals surface area (Å²) in [5, 5.41) is 2.88. The summed E-state index contributed by atoms with van der Waals surface area (Å²) in [6.07, 6.45) is 3.30. The van der Waals surface area contributed by atoms with E-state index in [0.717, 1.165) is 30.5 Å². The molecule has 25 heavy (non-hydrogen) atoms. The van der Waals surface area contributed by atoms with Gasteiger partial charge in [-0.25, -0.2) is 0 Å². The molecule has 0 radical (unpaired) electrons. The topological polar surface area (TPSA) is 84.7 Å². The molecule has 6 nitrogen and oxygen atoms in total. The zero-order chi connectivity index (χ0) is 17.1. The number of carbonyl (C=O) groups excluding carboxylic acids is 2. The van der Waals surface area contributed by atoms with Crippen LogP contribution in [-0.4, -0.2) is 41.5 Å². The third-order valence-electron chi connectivity index (χ3n) is 4.63. The quantitative estimate of drug-likeness (QED) is 0.806. The van der Waals surface area contributed by atoms with Gasteiger partial charge in [-0.2, -0.15) is 0 Å². The van der Waals surface area contributed by atoms with Crippen molar-refractivity contribution in [1.82, 2.24) is 4.90 Å². The van der Waals surface area contributed by atoms with Crippen LogP contribution in [0.3, 0.4) is 0 Å². The van der Waals surface area contributed by atoms with E-state index in [9.17, 15) is 9.59 Å². The molecule has 2 amide bonds. The van der Waals surface area contributed by atoms with Crippen molar-refractivity contribution in [2.45, 2.75) is 57.4 Å². The Morgan fingerprint density at radius 3 is 2.40 bits per heavy atom. The van der Waals surface area contributed by atoms with E-state index in [1.807, 2.05) is 29.2 Å². The Bertz CT molecular complexity index is 604. The Morgan fingerprint density at radius 1 is 1.20 bits per heavy atom. The molecule has 3 N–H and O–H groups in total. The van der Waals surface area contributed by atoms with E-state index >= 15 is 0 Å². The number of nitrogens with zero attached hydrogens (tertiary/aromatic N) is 1. The molecule has 0 spiro atoms. The first kappa shape index (κ1) is 19.7. The van der Waals surface area contributed by atoms with E-state index in [1.54, 1.807) is 6.92 Å². The first-order valence-electron chi connectivity index (χ1n) is 8.59. The van der Waals surface area contributed by atoms with Crippen LogP contribution in [-0.2, 0) is 20.9 Å². The Kier molecular flexibility index (Phi) is 6.81. The molecule has 2 atom stereocenters. The number of nitrogens with one attached hydrogen (secondary N) is 1. The van der Waals surface area contributed by atoms with Crippen LogP contribution < -0.4 is 11.1 Å². The molecule has 1 heterocycles. The second-order valence-electron chi connectivity index (χ2n) is 6.62. The predicted octanol–water partition coefficient (Wildman–Crippen LogP) is 2.06. The molecule has 1 aromatic carbocycles. The molecule has 0 bridgehead atoms. The van der Waals surface area contributed by atoms with Crippen molar-refractivity contribution in [3.63, 3.8) is 0 Å². The monoisotopic (exact) mass is 367 g/mol. The zero-order valence-corrected chi connectivity index (χ0v) is 15.3. The summed E-state index contributed by atoms with van der Waals surface area (Å²) in [4.78, 5) is 25.8. The number of ether oxygens (including phenoxy) is 1. The summed E-state index contributed by atoms with van der Waals surface area (Å²) in [6, 6.07) is 8.04. The fraction of sp³-hybridized carbons (Fsp3) is 0.556. The van der Waals surface area contributed by atoms with E-state index in [4.69, 9.17) is 10.5 Å². The molecule has 1 saturated carbocycles. The van der Waals surface area contributed by atoms with Crippen LogP contribution in [0.4, 0.5) is 5.69 Å². The van der Waals surface area contributed by atoms with Crippen molar-refractivity contribution in [3.05, 3.63) is 29.8 Å². The van der Waals surface area contributed by atoms with Crippen molar-refractivity contribution in [2.24, 2.45) is 5.73 Å². The molecule has 2 aliphatic rings. The van der Waals surface area contributed by atoms with Crippen molar-refractivity contribution < 1.29 is 14.3 Å². The van der Waals surface area contributed by atoms with Crippen LogP contribution in [0.2, 0.25) is 0 Å². The lowest BCUT2D eigenvalue weighted by Gasteiger charge is -2.20. The molecule has 7 heteroatoms. The fourth-order valence-electron chi connectivity index (χ4n) is 3.07. The van der Waals surface area contributed by atoms with Crippen molar-refractivity contribution in [1.29, 1.82) is 0 Å². The molecule has 138 valence electrons. The smallest absolute Gasteiger partial charge is 0.253 e. The second kappa shape index (κ2) is 8.65. The molecule has 0 unspecified atom stereocenters. The van der Waals surface area contributed by atoms with Gasteiger partial charge in [-0.1, -0.05) is 12.1 Å². The SMILES string of the molecule is CC(=O)N(Cc1ccc(NC(=O)[C@@H]2CC[C@H](CN)O2)cc1)C1CC1.Cl. The summed E-state index contributed by atoms with van der Waals surface area (Å²) in [7, 11) is 0. The van der Waals surface area contributed by atoms with Crippen LogP contribution in [0, 0.1) is 0 Å². The number of benzene rings is 1. The third-order valence-corrected chi connectivity index (χ3v) is 4.63. The van der Waals surface area contributed by atoms with Crippen molar-refractivity contribution in [3.8, 4) is 0 Å². The number of rotatable bonds is 6. The number of nitrogens with two attached hydrogens (primary N) is 1. The summed E-state index contributed by atoms with van der Waals surface area (Å²) in [5.74, 6) is -0.00948. The summed E-state index contributed by atoms with van der Waals surface area (Å²) >= 11 is 0. The maximum absolute atomic E-state index is 12.2. The van der Waals surface area contributed by atoms with E-state index in [-0.39, 0.29) is 30.3 Å². The minimum atomic E-state index is -0.415. The maximum atomic E-state index is 12.2. The van der Waals surface area contributed by atoms with Crippen LogP contribution >= 0.6 is 12.4 Å². The lowest BCUT2D eigenvalue weighted by molar-refractivity contribution is -0.130. The van der Waals surface area contributed by atoms with Gasteiger partial charge >= 0.3 is 0 Å². The highest BCUT2D eigenvalue weighted by molar-refractivity contribution is 5.94. The highest BCUT2D eigenvalue weighted by Crippen LogP contribution is 2.28. The van der Waals surface area contributed by atoms with E-state index in [2.05, 4.69) is 5.32 Å². The molecule has 0 aromatic heterocycles. The minimum absolute atomic E-state index is 0. The Labute approximate surface area is 154 Å². The van der Waals surface area contributed by atoms with Crippen LogP contribution in [0.15, 0.2) is 24.3 Å². The number of anilines is 1. The molecule has 1 saturated heterocycles. The molecule has 1 aliphatic heterocycles. The van der Waals surface area contributed by atoms with Gasteiger partial charge in [0.15, 0.2) is 0 Å². The van der Waals surface area contributed by atoms with E-state index < -0.39 is 6.10 Å². The normalized spacial score (nSPS) is 22.2. The fourth-order valence-corrected chi connectivity index (χ4v) is 3.07. The van der Waals surface area contributed by atoms with Crippen LogP contribution in [0.5, 0.6) is 0 Å². The first-order chi connectivity index (χ1) is 11.6. The van der Waals surface area contributed by atoms with E-state index in [1.165, 1.54) is 0 Å².